The summed E-state index contributed by atoms with van der Waals surface area (Å²) in [5.74, 6) is -1.09. The van der Waals surface area contributed by atoms with Crippen LogP contribution in [0.3, 0.4) is 0 Å². The van der Waals surface area contributed by atoms with E-state index in [1.165, 1.54) is 0 Å². The Morgan fingerprint density at radius 2 is 1.82 bits per heavy atom. The summed E-state index contributed by atoms with van der Waals surface area (Å²) in [6.07, 6.45) is 0.680. The molecule has 0 radical (unpaired) electrons. The van der Waals surface area contributed by atoms with Crippen molar-refractivity contribution in [3.8, 4) is 0 Å². The Labute approximate surface area is 103 Å². The van der Waals surface area contributed by atoms with Crippen LogP contribution in [0.5, 0.6) is 0 Å². The molecule has 1 atom stereocenters. The third-order valence-electron chi connectivity index (χ3n) is 3.11. The van der Waals surface area contributed by atoms with Crippen LogP contribution >= 0.6 is 0 Å². The first kappa shape index (κ1) is 15.9. The fraction of sp³-hybridized carbons (Fsp3) is 0.833. The second-order valence-electron chi connectivity index (χ2n) is 5.14. The first-order valence-electron chi connectivity index (χ1n) is 5.72. The molecule has 0 aromatic rings. The third kappa shape index (κ3) is 5.17. The van der Waals surface area contributed by atoms with Crippen molar-refractivity contribution in [3.63, 3.8) is 0 Å². The molecule has 0 heterocycles. The van der Waals surface area contributed by atoms with Crippen molar-refractivity contribution in [3.05, 3.63) is 0 Å². The number of aliphatic carboxylic acids is 1. The molecule has 0 fully saturated rings. The normalized spacial score (nSPS) is 15.1. The molecule has 0 rings (SSSR count). The van der Waals surface area contributed by atoms with Crippen molar-refractivity contribution in [1.82, 2.24) is 5.32 Å². The number of amides is 1. The van der Waals surface area contributed by atoms with E-state index in [2.05, 4.69) is 5.32 Å². The summed E-state index contributed by atoms with van der Waals surface area (Å²) in [6.45, 7) is 7.17. The quantitative estimate of drug-likeness (QED) is 0.711. The van der Waals surface area contributed by atoms with Crippen molar-refractivity contribution < 1.29 is 19.4 Å². The lowest BCUT2D eigenvalue weighted by Crippen LogP contribution is -2.42. The summed E-state index contributed by atoms with van der Waals surface area (Å²) >= 11 is 0. The molecule has 5 nitrogen and oxygen atoms in total. The third-order valence-corrected chi connectivity index (χ3v) is 3.11. The number of carboxylic acids is 1. The molecule has 0 aliphatic rings. The van der Waals surface area contributed by atoms with E-state index in [9.17, 15) is 9.59 Å². The van der Waals surface area contributed by atoms with E-state index < -0.39 is 17.0 Å². The molecule has 0 spiro atoms. The van der Waals surface area contributed by atoms with Gasteiger partial charge in [0.25, 0.3) is 0 Å². The smallest absolute Gasteiger partial charge is 0.311 e. The highest BCUT2D eigenvalue weighted by molar-refractivity contribution is 5.79. The molecule has 0 aliphatic heterocycles. The zero-order chi connectivity index (χ0) is 13.7. The van der Waals surface area contributed by atoms with Crippen LogP contribution in [0.25, 0.3) is 0 Å². The van der Waals surface area contributed by atoms with Gasteiger partial charge in [0.2, 0.25) is 5.91 Å². The van der Waals surface area contributed by atoms with Gasteiger partial charge in [-0.15, -0.1) is 0 Å². The van der Waals surface area contributed by atoms with Gasteiger partial charge >= 0.3 is 5.97 Å². The Balaban J connectivity index is 4.29. The predicted octanol–water partition coefficient (Wildman–Crippen LogP) is 1.42. The van der Waals surface area contributed by atoms with Gasteiger partial charge in [-0.2, -0.15) is 0 Å². The van der Waals surface area contributed by atoms with E-state index in [4.69, 9.17) is 9.84 Å². The fourth-order valence-corrected chi connectivity index (χ4v) is 1.17. The Morgan fingerprint density at radius 3 is 2.18 bits per heavy atom. The second kappa shape index (κ2) is 6.00. The van der Waals surface area contributed by atoms with E-state index in [0.29, 0.717) is 6.42 Å². The molecule has 0 saturated carbocycles. The minimum absolute atomic E-state index is 0.136. The SMILES string of the molecule is CCC(C)(CNC(=O)CC(C)(C)OC)C(=O)O. The zero-order valence-electron chi connectivity index (χ0n) is 11.3. The molecule has 0 bridgehead atoms. The van der Waals surface area contributed by atoms with E-state index >= 15 is 0 Å². The summed E-state index contributed by atoms with van der Waals surface area (Å²) in [5.41, 5.74) is -1.44. The Hall–Kier alpha value is -1.10. The molecule has 5 heteroatoms. The standard InChI is InChI=1S/C12H23NO4/c1-6-12(4,10(15)16)8-13-9(14)7-11(2,3)17-5/h6-8H2,1-5H3,(H,13,14)(H,15,16). The lowest BCUT2D eigenvalue weighted by molar-refractivity contribution is -0.148. The lowest BCUT2D eigenvalue weighted by Gasteiger charge is -2.26. The number of rotatable bonds is 7. The van der Waals surface area contributed by atoms with Crippen LogP contribution in [0.15, 0.2) is 0 Å². The van der Waals surface area contributed by atoms with E-state index in [0.717, 1.165) is 0 Å². The van der Waals surface area contributed by atoms with Gasteiger partial charge in [-0.25, -0.2) is 0 Å². The Bertz CT molecular complexity index is 288. The molecule has 100 valence electrons. The van der Waals surface area contributed by atoms with Crippen LogP contribution in [0.1, 0.15) is 40.5 Å². The number of carbonyl (C=O) groups excluding carboxylic acids is 1. The average molecular weight is 245 g/mol. The van der Waals surface area contributed by atoms with E-state index in [-0.39, 0.29) is 18.9 Å². The average Bonchev–Trinajstić information content (AvgIpc) is 2.25. The predicted molar refractivity (Wildman–Crippen MR) is 64.7 cm³/mol. The topological polar surface area (TPSA) is 75.6 Å². The highest BCUT2D eigenvalue weighted by Crippen LogP contribution is 2.20. The van der Waals surface area contributed by atoms with Crippen LogP contribution in [-0.4, -0.2) is 36.2 Å². The first-order valence-corrected chi connectivity index (χ1v) is 5.72. The maximum atomic E-state index is 11.6. The van der Waals surface area contributed by atoms with E-state index in [1.807, 2.05) is 13.8 Å². The first-order chi connectivity index (χ1) is 7.67. The number of carbonyl (C=O) groups is 2. The molecular formula is C12H23NO4. The molecular weight excluding hydrogens is 222 g/mol. The summed E-state index contributed by atoms with van der Waals surface area (Å²) in [7, 11) is 1.54. The van der Waals surface area contributed by atoms with Gasteiger partial charge in [0.15, 0.2) is 0 Å². The number of methoxy groups -OCH3 is 1. The van der Waals surface area contributed by atoms with Gasteiger partial charge in [0, 0.05) is 13.7 Å². The van der Waals surface area contributed by atoms with Crippen molar-refractivity contribution in [2.75, 3.05) is 13.7 Å². The van der Waals surface area contributed by atoms with Gasteiger partial charge in [-0.1, -0.05) is 6.92 Å². The Morgan fingerprint density at radius 1 is 1.29 bits per heavy atom. The molecule has 0 aromatic heterocycles. The summed E-state index contributed by atoms with van der Waals surface area (Å²) in [6, 6.07) is 0. The monoisotopic (exact) mass is 245 g/mol. The number of nitrogens with one attached hydrogen (secondary N) is 1. The van der Waals surface area contributed by atoms with Crippen LogP contribution in [-0.2, 0) is 14.3 Å². The minimum atomic E-state index is -0.910. The molecule has 0 aliphatic carbocycles. The number of hydrogen-bond acceptors (Lipinski definition) is 3. The van der Waals surface area contributed by atoms with Crippen LogP contribution in [0.2, 0.25) is 0 Å². The number of ether oxygens (including phenoxy) is 1. The zero-order valence-corrected chi connectivity index (χ0v) is 11.3. The summed E-state index contributed by atoms with van der Waals surface area (Å²) in [4.78, 5) is 22.6. The minimum Gasteiger partial charge on any atom is -0.481 e. The maximum Gasteiger partial charge on any atom is 0.311 e. The highest BCUT2D eigenvalue weighted by Gasteiger charge is 2.32. The number of hydrogen-bond donors (Lipinski definition) is 2. The largest absolute Gasteiger partial charge is 0.481 e. The van der Waals surface area contributed by atoms with Crippen molar-refractivity contribution in [2.24, 2.45) is 5.41 Å². The highest BCUT2D eigenvalue weighted by atomic mass is 16.5. The van der Waals surface area contributed by atoms with E-state index in [1.54, 1.807) is 21.0 Å². The molecule has 2 N–H and O–H groups in total. The summed E-state index contributed by atoms with van der Waals surface area (Å²) < 4.78 is 5.14. The number of carboxylic acid groups (broad SMARTS) is 1. The van der Waals surface area contributed by atoms with Gasteiger partial charge in [-0.3, -0.25) is 9.59 Å². The fourth-order valence-electron chi connectivity index (χ4n) is 1.17. The van der Waals surface area contributed by atoms with Gasteiger partial charge in [0.05, 0.1) is 17.4 Å². The Kier molecular flexibility index (Phi) is 5.61. The molecule has 17 heavy (non-hydrogen) atoms. The molecule has 0 aromatic carbocycles. The molecule has 1 unspecified atom stereocenters. The van der Waals surface area contributed by atoms with Crippen molar-refractivity contribution in [2.45, 2.75) is 46.1 Å². The van der Waals surface area contributed by atoms with Crippen molar-refractivity contribution in [1.29, 1.82) is 0 Å². The van der Waals surface area contributed by atoms with Gasteiger partial charge in [-0.05, 0) is 27.2 Å². The van der Waals surface area contributed by atoms with Gasteiger partial charge < -0.3 is 15.2 Å². The van der Waals surface area contributed by atoms with Crippen LogP contribution < -0.4 is 5.32 Å². The molecule has 0 saturated heterocycles. The van der Waals surface area contributed by atoms with Crippen LogP contribution in [0, 0.1) is 5.41 Å². The lowest BCUT2D eigenvalue weighted by atomic mass is 9.87. The van der Waals surface area contributed by atoms with Crippen molar-refractivity contribution >= 4 is 11.9 Å². The molecule has 1 amide bonds. The summed E-state index contributed by atoms with van der Waals surface area (Å²) in [5, 5.41) is 11.7. The second-order valence-corrected chi connectivity index (χ2v) is 5.14. The maximum absolute atomic E-state index is 11.6. The van der Waals surface area contributed by atoms with Gasteiger partial charge in [0.1, 0.15) is 0 Å². The van der Waals surface area contributed by atoms with Crippen LogP contribution in [0.4, 0.5) is 0 Å².